The van der Waals surface area contributed by atoms with Crippen LogP contribution in [0.3, 0.4) is 0 Å². The van der Waals surface area contributed by atoms with E-state index in [-0.39, 0.29) is 5.91 Å². The average molecular weight is 291 g/mol. The minimum absolute atomic E-state index is 0.0273. The molecule has 0 unspecified atom stereocenters. The molecule has 4 nitrogen and oxygen atoms in total. The van der Waals surface area contributed by atoms with E-state index >= 15 is 0 Å². The number of rotatable bonds is 8. The van der Waals surface area contributed by atoms with E-state index in [2.05, 4.69) is 5.32 Å². The van der Waals surface area contributed by atoms with Gasteiger partial charge in [0.15, 0.2) is 0 Å². The van der Waals surface area contributed by atoms with Crippen molar-refractivity contribution in [2.75, 3.05) is 33.9 Å². The molecular formula is C12H19ClN2O2S. The molecule has 0 aliphatic carbocycles. The van der Waals surface area contributed by atoms with Crippen molar-refractivity contribution in [1.29, 1.82) is 0 Å². The standard InChI is InChI=1S/C12H19ClN2O2S/c1-15(6-3-7-17-2)9-12(16)14-8-10-4-5-11(13)18-10/h4-5H,3,6-9H2,1-2H3,(H,14,16). The smallest absolute Gasteiger partial charge is 0.234 e. The second-order valence-electron chi connectivity index (χ2n) is 4.07. The monoisotopic (exact) mass is 290 g/mol. The van der Waals surface area contributed by atoms with Gasteiger partial charge in [-0.2, -0.15) is 0 Å². The summed E-state index contributed by atoms with van der Waals surface area (Å²) in [6.45, 7) is 2.52. The van der Waals surface area contributed by atoms with Gasteiger partial charge in [0.05, 0.1) is 17.4 Å². The van der Waals surface area contributed by atoms with Gasteiger partial charge in [0, 0.05) is 25.1 Å². The summed E-state index contributed by atoms with van der Waals surface area (Å²) in [4.78, 5) is 14.7. The van der Waals surface area contributed by atoms with Crippen LogP contribution in [0.5, 0.6) is 0 Å². The number of methoxy groups -OCH3 is 1. The first-order valence-corrected chi connectivity index (χ1v) is 6.99. The molecule has 0 saturated carbocycles. The number of halogens is 1. The van der Waals surface area contributed by atoms with Gasteiger partial charge >= 0.3 is 0 Å². The highest BCUT2D eigenvalue weighted by molar-refractivity contribution is 7.16. The molecule has 0 aliphatic rings. The van der Waals surface area contributed by atoms with Crippen LogP contribution in [-0.4, -0.2) is 44.7 Å². The van der Waals surface area contributed by atoms with Crippen molar-refractivity contribution in [3.63, 3.8) is 0 Å². The summed E-state index contributed by atoms with van der Waals surface area (Å²) in [5.41, 5.74) is 0. The van der Waals surface area contributed by atoms with E-state index in [1.54, 1.807) is 7.11 Å². The molecule has 1 aromatic heterocycles. The van der Waals surface area contributed by atoms with Crippen molar-refractivity contribution in [2.45, 2.75) is 13.0 Å². The third-order valence-electron chi connectivity index (χ3n) is 2.39. The van der Waals surface area contributed by atoms with Crippen LogP contribution < -0.4 is 5.32 Å². The lowest BCUT2D eigenvalue weighted by Crippen LogP contribution is -2.35. The Morgan fingerprint density at radius 3 is 2.94 bits per heavy atom. The lowest BCUT2D eigenvalue weighted by molar-refractivity contribution is -0.122. The van der Waals surface area contributed by atoms with Gasteiger partial charge in [-0.05, 0) is 25.6 Å². The summed E-state index contributed by atoms with van der Waals surface area (Å²) in [7, 11) is 3.61. The molecule has 0 saturated heterocycles. The largest absolute Gasteiger partial charge is 0.385 e. The number of ether oxygens (including phenoxy) is 1. The van der Waals surface area contributed by atoms with Crippen LogP contribution in [0.15, 0.2) is 12.1 Å². The molecule has 0 radical (unpaired) electrons. The molecule has 1 amide bonds. The van der Waals surface area contributed by atoms with E-state index in [1.165, 1.54) is 11.3 Å². The highest BCUT2D eigenvalue weighted by Gasteiger charge is 2.06. The number of hydrogen-bond acceptors (Lipinski definition) is 4. The highest BCUT2D eigenvalue weighted by Crippen LogP contribution is 2.20. The van der Waals surface area contributed by atoms with Crippen molar-refractivity contribution in [3.8, 4) is 0 Å². The third kappa shape index (κ3) is 6.35. The second kappa shape index (κ2) is 8.48. The van der Waals surface area contributed by atoms with Crippen molar-refractivity contribution < 1.29 is 9.53 Å². The van der Waals surface area contributed by atoms with Gasteiger partial charge < -0.3 is 10.1 Å². The van der Waals surface area contributed by atoms with Crippen molar-refractivity contribution in [2.24, 2.45) is 0 Å². The van der Waals surface area contributed by atoms with Crippen LogP contribution in [0.1, 0.15) is 11.3 Å². The van der Waals surface area contributed by atoms with E-state index in [1.807, 2.05) is 24.1 Å². The van der Waals surface area contributed by atoms with Gasteiger partial charge in [-0.3, -0.25) is 9.69 Å². The summed E-state index contributed by atoms with van der Waals surface area (Å²) in [6, 6.07) is 3.76. The molecule has 1 heterocycles. The van der Waals surface area contributed by atoms with E-state index in [0.29, 0.717) is 13.1 Å². The topological polar surface area (TPSA) is 41.6 Å². The van der Waals surface area contributed by atoms with Gasteiger partial charge in [0.2, 0.25) is 5.91 Å². The first kappa shape index (κ1) is 15.4. The quantitative estimate of drug-likeness (QED) is 0.745. The maximum absolute atomic E-state index is 11.7. The number of likely N-dealkylation sites (N-methyl/N-ethyl adjacent to an activating group) is 1. The van der Waals surface area contributed by atoms with Crippen molar-refractivity contribution in [1.82, 2.24) is 10.2 Å². The Balaban J connectivity index is 2.16. The first-order chi connectivity index (χ1) is 8.61. The van der Waals surface area contributed by atoms with Crippen LogP contribution >= 0.6 is 22.9 Å². The summed E-state index contributed by atoms with van der Waals surface area (Å²) >= 11 is 7.30. The van der Waals surface area contributed by atoms with Crippen LogP contribution in [0, 0.1) is 0 Å². The molecule has 0 atom stereocenters. The zero-order valence-corrected chi connectivity index (χ0v) is 12.3. The predicted molar refractivity (Wildman–Crippen MR) is 75.2 cm³/mol. The minimum atomic E-state index is 0.0273. The molecule has 6 heteroatoms. The molecule has 1 N–H and O–H groups in total. The molecule has 102 valence electrons. The van der Waals surface area contributed by atoms with Gasteiger partial charge in [0.25, 0.3) is 0 Å². The molecule has 0 fully saturated rings. The van der Waals surface area contributed by atoms with E-state index in [4.69, 9.17) is 16.3 Å². The number of hydrogen-bond donors (Lipinski definition) is 1. The van der Waals surface area contributed by atoms with Crippen molar-refractivity contribution >= 4 is 28.8 Å². The summed E-state index contributed by atoms with van der Waals surface area (Å²) in [6.07, 6.45) is 0.931. The van der Waals surface area contributed by atoms with Gasteiger partial charge in [-0.25, -0.2) is 0 Å². The van der Waals surface area contributed by atoms with Crippen LogP contribution in [0.4, 0.5) is 0 Å². The summed E-state index contributed by atoms with van der Waals surface area (Å²) < 4.78 is 5.71. The second-order valence-corrected chi connectivity index (χ2v) is 5.87. The number of thiophene rings is 1. The summed E-state index contributed by atoms with van der Waals surface area (Å²) in [5, 5.41) is 2.87. The Labute approximate surface area is 117 Å². The zero-order valence-electron chi connectivity index (χ0n) is 10.7. The Hall–Kier alpha value is -0.620. The molecule has 18 heavy (non-hydrogen) atoms. The Morgan fingerprint density at radius 2 is 2.33 bits per heavy atom. The lowest BCUT2D eigenvalue weighted by Gasteiger charge is -2.15. The molecule has 1 aromatic rings. The average Bonchev–Trinajstić information content (AvgIpc) is 2.73. The first-order valence-electron chi connectivity index (χ1n) is 5.80. The summed E-state index contributed by atoms with van der Waals surface area (Å²) in [5.74, 6) is 0.0273. The third-order valence-corrected chi connectivity index (χ3v) is 3.62. The van der Waals surface area contributed by atoms with E-state index < -0.39 is 0 Å². The number of nitrogens with one attached hydrogen (secondary N) is 1. The van der Waals surface area contributed by atoms with E-state index in [9.17, 15) is 4.79 Å². The number of carbonyl (C=O) groups is 1. The molecule has 0 bridgehead atoms. The maximum atomic E-state index is 11.7. The van der Waals surface area contributed by atoms with Gasteiger partial charge in [-0.1, -0.05) is 11.6 Å². The van der Waals surface area contributed by atoms with Gasteiger partial charge in [-0.15, -0.1) is 11.3 Å². The Morgan fingerprint density at radius 1 is 1.56 bits per heavy atom. The molecule has 1 rings (SSSR count). The minimum Gasteiger partial charge on any atom is -0.385 e. The molecular weight excluding hydrogens is 272 g/mol. The molecule has 0 aliphatic heterocycles. The van der Waals surface area contributed by atoms with Crippen LogP contribution in [0.25, 0.3) is 0 Å². The number of carbonyl (C=O) groups excluding carboxylic acids is 1. The number of amides is 1. The Kier molecular flexibility index (Phi) is 7.27. The molecule has 0 spiro atoms. The Bertz CT molecular complexity index is 371. The normalized spacial score (nSPS) is 10.9. The lowest BCUT2D eigenvalue weighted by atomic mass is 10.4. The number of nitrogens with zero attached hydrogens (tertiary/aromatic N) is 1. The molecule has 0 aromatic carbocycles. The fourth-order valence-electron chi connectivity index (χ4n) is 1.49. The maximum Gasteiger partial charge on any atom is 0.234 e. The van der Waals surface area contributed by atoms with Crippen LogP contribution in [-0.2, 0) is 16.1 Å². The van der Waals surface area contributed by atoms with Crippen molar-refractivity contribution in [3.05, 3.63) is 21.3 Å². The van der Waals surface area contributed by atoms with Crippen LogP contribution in [0.2, 0.25) is 4.34 Å². The van der Waals surface area contributed by atoms with E-state index in [0.717, 1.165) is 28.8 Å². The fraction of sp³-hybridized carbons (Fsp3) is 0.583. The fourth-order valence-corrected chi connectivity index (χ4v) is 2.52. The van der Waals surface area contributed by atoms with Gasteiger partial charge in [0.1, 0.15) is 0 Å². The predicted octanol–water partition coefficient (Wildman–Crippen LogP) is 1.99. The highest BCUT2D eigenvalue weighted by atomic mass is 35.5. The zero-order chi connectivity index (χ0) is 13.4. The SMILES string of the molecule is COCCCN(C)CC(=O)NCc1ccc(Cl)s1.